The van der Waals surface area contributed by atoms with E-state index in [0.717, 1.165) is 11.3 Å². The van der Waals surface area contributed by atoms with Gasteiger partial charge in [0.25, 0.3) is 5.91 Å². The smallest absolute Gasteiger partial charge is 0.303 e. The molecule has 0 aliphatic heterocycles. The maximum absolute atomic E-state index is 12.5. The molecule has 1 aromatic carbocycles. The lowest BCUT2D eigenvalue weighted by atomic mass is 10.0. The van der Waals surface area contributed by atoms with Gasteiger partial charge in [-0.05, 0) is 37.0 Å². The zero-order chi connectivity index (χ0) is 19.8. The Morgan fingerprint density at radius 1 is 1.22 bits per heavy atom. The fraction of sp³-hybridized carbons (Fsp3) is 0.400. The molecule has 0 atom stereocenters. The van der Waals surface area contributed by atoms with Gasteiger partial charge >= 0.3 is 5.97 Å². The van der Waals surface area contributed by atoms with Gasteiger partial charge in [-0.15, -0.1) is 0 Å². The number of carboxylic acid groups (broad SMARTS) is 1. The number of rotatable bonds is 9. The van der Waals surface area contributed by atoms with Crippen LogP contribution in [0.2, 0.25) is 0 Å². The highest BCUT2D eigenvalue weighted by Gasteiger charge is 2.16. The third kappa shape index (κ3) is 6.36. The summed E-state index contributed by atoms with van der Waals surface area (Å²) in [5.41, 5.74) is 2.17. The number of hydrogen-bond acceptors (Lipinski definition) is 5. The van der Waals surface area contributed by atoms with Crippen LogP contribution in [0.1, 0.15) is 60.0 Å². The minimum absolute atomic E-state index is 0.0885. The van der Waals surface area contributed by atoms with Gasteiger partial charge in [0.15, 0.2) is 0 Å². The van der Waals surface area contributed by atoms with Crippen LogP contribution < -0.4 is 10.1 Å². The van der Waals surface area contributed by atoms with Crippen molar-refractivity contribution in [3.8, 4) is 5.75 Å². The summed E-state index contributed by atoms with van der Waals surface area (Å²) in [6.07, 6.45) is 2.12. The predicted octanol–water partition coefficient (Wildman–Crippen LogP) is 3.08. The Morgan fingerprint density at radius 2 is 1.93 bits per heavy atom. The topological polar surface area (TPSA) is 101 Å². The van der Waals surface area contributed by atoms with E-state index in [1.165, 1.54) is 0 Å². The van der Waals surface area contributed by atoms with Crippen molar-refractivity contribution in [3.05, 3.63) is 53.1 Å². The summed E-state index contributed by atoms with van der Waals surface area (Å²) in [7, 11) is 0. The molecule has 0 unspecified atom stereocenters. The van der Waals surface area contributed by atoms with Crippen LogP contribution in [0.3, 0.4) is 0 Å². The van der Waals surface area contributed by atoms with Crippen LogP contribution >= 0.6 is 0 Å². The third-order valence-electron chi connectivity index (χ3n) is 3.91. The molecule has 2 aromatic rings. The first-order valence-electron chi connectivity index (χ1n) is 8.92. The highest BCUT2D eigenvalue weighted by Crippen LogP contribution is 2.17. The fourth-order valence-corrected chi connectivity index (χ4v) is 2.50. The first kappa shape index (κ1) is 20.4. The van der Waals surface area contributed by atoms with E-state index >= 15 is 0 Å². The molecule has 1 heterocycles. The summed E-state index contributed by atoms with van der Waals surface area (Å²) in [4.78, 5) is 31.5. The van der Waals surface area contributed by atoms with Gasteiger partial charge in [0.2, 0.25) is 0 Å². The van der Waals surface area contributed by atoms with Gasteiger partial charge in [-0.25, -0.2) is 9.97 Å². The molecule has 0 spiro atoms. The van der Waals surface area contributed by atoms with Crippen molar-refractivity contribution in [2.75, 3.05) is 6.61 Å². The van der Waals surface area contributed by atoms with Crippen LogP contribution in [0.4, 0.5) is 0 Å². The Labute approximate surface area is 158 Å². The number of benzene rings is 1. The molecule has 0 saturated carbocycles. The highest BCUT2D eigenvalue weighted by molar-refractivity contribution is 5.95. The van der Waals surface area contributed by atoms with Crippen LogP contribution in [-0.4, -0.2) is 33.6 Å². The molecular formula is C20H25N3O4. The van der Waals surface area contributed by atoms with Crippen LogP contribution in [0.25, 0.3) is 0 Å². The fourth-order valence-electron chi connectivity index (χ4n) is 2.50. The molecule has 27 heavy (non-hydrogen) atoms. The molecule has 0 fully saturated rings. The van der Waals surface area contributed by atoms with Crippen molar-refractivity contribution in [2.45, 2.75) is 46.1 Å². The van der Waals surface area contributed by atoms with Gasteiger partial charge in [-0.3, -0.25) is 9.59 Å². The molecule has 0 radical (unpaired) electrons. The number of nitrogens with one attached hydrogen (secondary N) is 1. The van der Waals surface area contributed by atoms with E-state index in [1.54, 1.807) is 25.3 Å². The molecule has 0 saturated heterocycles. The number of nitrogens with zero attached hydrogens (tertiary/aromatic N) is 2. The second-order valence-electron chi connectivity index (χ2n) is 6.54. The summed E-state index contributed by atoms with van der Waals surface area (Å²) in [5.74, 6) is 0.417. The monoisotopic (exact) mass is 371 g/mol. The lowest BCUT2D eigenvalue weighted by molar-refractivity contribution is -0.137. The number of carboxylic acids is 1. The summed E-state index contributed by atoms with van der Waals surface area (Å²) in [6, 6.07) is 7.33. The molecule has 0 bridgehead atoms. The number of hydrogen-bond donors (Lipinski definition) is 2. The standard InChI is InChI=1S/C20H25N3O4/c1-13(2)19-17(12-21-14(3)23-19)20(26)22-11-15-6-8-16(9-7-15)27-10-4-5-18(24)25/h6-9,12-13H,4-5,10-11H2,1-3H3,(H,22,26)(H,24,25). The van der Waals surface area contributed by atoms with Crippen LogP contribution in [0, 0.1) is 6.92 Å². The zero-order valence-corrected chi connectivity index (χ0v) is 15.9. The maximum Gasteiger partial charge on any atom is 0.303 e. The molecule has 0 aliphatic carbocycles. The molecule has 7 nitrogen and oxygen atoms in total. The molecule has 1 amide bonds. The van der Waals surface area contributed by atoms with Gasteiger partial charge < -0.3 is 15.2 Å². The number of carbonyl (C=O) groups excluding carboxylic acids is 1. The number of ether oxygens (including phenoxy) is 1. The van der Waals surface area contributed by atoms with Crippen LogP contribution in [-0.2, 0) is 11.3 Å². The molecule has 7 heteroatoms. The van der Waals surface area contributed by atoms with E-state index in [1.807, 2.05) is 26.0 Å². The Bertz CT molecular complexity index is 788. The lowest BCUT2D eigenvalue weighted by Crippen LogP contribution is -2.25. The second-order valence-corrected chi connectivity index (χ2v) is 6.54. The van der Waals surface area contributed by atoms with Gasteiger partial charge in [0.1, 0.15) is 11.6 Å². The summed E-state index contributed by atoms with van der Waals surface area (Å²) >= 11 is 0. The van der Waals surface area contributed by atoms with Crippen molar-refractivity contribution in [3.63, 3.8) is 0 Å². The van der Waals surface area contributed by atoms with Gasteiger partial charge in [-0.1, -0.05) is 26.0 Å². The number of aryl methyl sites for hydroxylation is 1. The largest absolute Gasteiger partial charge is 0.494 e. The number of aromatic nitrogens is 2. The molecule has 2 N–H and O–H groups in total. The quantitative estimate of drug-likeness (QED) is 0.657. The highest BCUT2D eigenvalue weighted by atomic mass is 16.5. The molecule has 0 aliphatic rings. The lowest BCUT2D eigenvalue weighted by Gasteiger charge is -2.12. The van der Waals surface area contributed by atoms with Crippen molar-refractivity contribution in [1.82, 2.24) is 15.3 Å². The molecule has 144 valence electrons. The predicted molar refractivity (Wildman–Crippen MR) is 101 cm³/mol. The number of aliphatic carboxylic acids is 1. The van der Waals surface area contributed by atoms with Crippen LogP contribution in [0.5, 0.6) is 5.75 Å². The minimum Gasteiger partial charge on any atom is -0.494 e. The Kier molecular flexibility index (Phi) is 7.28. The number of carbonyl (C=O) groups is 2. The molecule has 1 aromatic heterocycles. The summed E-state index contributed by atoms with van der Waals surface area (Å²) < 4.78 is 5.49. The van der Waals surface area contributed by atoms with E-state index < -0.39 is 5.97 Å². The molecular weight excluding hydrogens is 346 g/mol. The normalized spacial score (nSPS) is 10.7. The second kappa shape index (κ2) is 9.66. The van der Waals surface area contributed by atoms with E-state index in [0.29, 0.717) is 36.7 Å². The maximum atomic E-state index is 12.5. The minimum atomic E-state index is -0.829. The SMILES string of the molecule is Cc1ncc(C(=O)NCc2ccc(OCCCC(=O)O)cc2)c(C(C)C)n1. The summed E-state index contributed by atoms with van der Waals surface area (Å²) in [5, 5.41) is 11.5. The Morgan fingerprint density at radius 3 is 2.56 bits per heavy atom. The van der Waals surface area contributed by atoms with Crippen molar-refractivity contribution in [1.29, 1.82) is 0 Å². The summed E-state index contributed by atoms with van der Waals surface area (Å²) in [6.45, 7) is 6.53. The molecule has 2 rings (SSSR count). The van der Waals surface area contributed by atoms with E-state index in [4.69, 9.17) is 9.84 Å². The third-order valence-corrected chi connectivity index (χ3v) is 3.91. The average Bonchev–Trinajstić information content (AvgIpc) is 2.64. The average molecular weight is 371 g/mol. The zero-order valence-electron chi connectivity index (χ0n) is 15.9. The first-order chi connectivity index (χ1) is 12.9. The van der Waals surface area contributed by atoms with Gasteiger partial charge in [-0.2, -0.15) is 0 Å². The van der Waals surface area contributed by atoms with Crippen molar-refractivity contribution >= 4 is 11.9 Å². The van der Waals surface area contributed by atoms with Crippen LogP contribution in [0.15, 0.2) is 30.5 Å². The first-order valence-corrected chi connectivity index (χ1v) is 8.92. The van der Waals surface area contributed by atoms with E-state index in [2.05, 4.69) is 15.3 Å². The van der Waals surface area contributed by atoms with Gasteiger partial charge in [0, 0.05) is 19.2 Å². The number of amides is 1. The van der Waals surface area contributed by atoms with Crippen molar-refractivity contribution in [2.24, 2.45) is 0 Å². The Balaban J connectivity index is 1.89. The van der Waals surface area contributed by atoms with Gasteiger partial charge in [0.05, 0.1) is 17.9 Å². The van der Waals surface area contributed by atoms with Crippen molar-refractivity contribution < 1.29 is 19.4 Å². The Hall–Kier alpha value is -2.96. The van der Waals surface area contributed by atoms with E-state index in [9.17, 15) is 9.59 Å². The van der Waals surface area contributed by atoms with E-state index in [-0.39, 0.29) is 18.2 Å².